The average molecular weight is 486 g/mol. The highest BCUT2D eigenvalue weighted by atomic mass is 35.5. The summed E-state index contributed by atoms with van der Waals surface area (Å²) in [6.45, 7) is 8.73. The van der Waals surface area contributed by atoms with Crippen molar-refractivity contribution in [3.63, 3.8) is 0 Å². The second-order valence-corrected chi connectivity index (χ2v) is 10.2. The van der Waals surface area contributed by atoms with E-state index < -0.39 is 10.9 Å². The SMILES string of the molecule is CC(=NCc1ccc(C2=CSC(c3cc(Cl)cc(Cl)c3)(C(F)(F)F)C2)cc1C)C(C)C. The molecule has 0 saturated heterocycles. The van der Waals surface area contributed by atoms with E-state index in [1.165, 1.54) is 18.2 Å². The lowest BCUT2D eigenvalue weighted by Crippen LogP contribution is -2.37. The molecule has 1 nitrogen and oxygen atoms in total. The molecule has 1 unspecified atom stereocenters. The molecule has 0 radical (unpaired) electrons. The molecule has 0 fully saturated rings. The minimum atomic E-state index is -4.47. The first-order valence-corrected chi connectivity index (χ1v) is 11.6. The van der Waals surface area contributed by atoms with Crippen molar-refractivity contribution < 1.29 is 13.2 Å². The minimum absolute atomic E-state index is 0.0700. The highest BCUT2D eigenvalue weighted by molar-refractivity contribution is 8.03. The first-order valence-electron chi connectivity index (χ1n) is 9.94. The van der Waals surface area contributed by atoms with Gasteiger partial charge in [0.1, 0.15) is 4.75 Å². The third-order valence-electron chi connectivity index (χ3n) is 5.68. The molecule has 0 N–H and O–H groups in total. The molecule has 7 heteroatoms. The normalized spacial score (nSPS) is 19.8. The van der Waals surface area contributed by atoms with Crippen molar-refractivity contribution >= 4 is 46.2 Å². The summed E-state index contributed by atoms with van der Waals surface area (Å²) in [5, 5.41) is 1.99. The summed E-state index contributed by atoms with van der Waals surface area (Å²) in [5.74, 6) is 0.385. The summed E-state index contributed by atoms with van der Waals surface area (Å²) in [4.78, 5) is 4.62. The fraction of sp³-hybridized carbons (Fsp3) is 0.375. The van der Waals surface area contributed by atoms with Crippen LogP contribution < -0.4 is 0 Å². The molecular formula is C24H24Cl2F3NS. The highest BCUT2D eigenvalue weighted by Gasteiger charge is 2.58. The molecule has 0 spiro atoms. The molecular weight excluding hydrogens is 462 g/mol. The smallest absolute Gasteiger partial charge is 0.289 e. The van der Waals surface area contributed by atoms with Crippen molar-refractivity contribution in [3.05, 3.63) is 74.1 Å². The maximum Gasteiger partial charge on any atom is 0.407 e. The number of allylic oxidation sites excluding steroid dienone is 1. The quantitative estimate of drug-likeness (QED) is 0.385. The van der Waals surface area contributed by atoms with Gasteiger partial charge in [-0.3, -0.25) is 4.99 Å². The summed E-state index contributed by atoms with van der Waals surface area (Å²) in [6.07, 6.45) is -4.65. The van der Waals surface area contributed by atoms with E-state index in [1.807, 2.05) is 32.0 Å². The number of halogens is 5. The van der Waals surface area contributed by atoms with Crippen molar-refractivity contribution in [3.8, 4) is 0 Å². The van der Waals surface area contributed by atoms with Crippen molar-refractivity contribution in [1.29, 1.82) is 0 Å². The van der Waals surface area contributed by atoms with Crippen molar-refractivity contribution in [2.75, 3.05) is 0 Å². The number of aryl methyl sites for hydroxylation is 1. The maximum atomic E-state index is 14.3. The molecule has 1 aliphatic rings. The van der Waals surface area contributed by atoms with Crippen LogP contribution in [-0.4, -0.2) is 11.9 Å². The van der Waals surface area contributed by atoms with Gasteiger partial charge in [-0.25, -0.2) is 0 Å². The second-order valence-electron chi connectivity index (χ2n) is 8.17. The van der Waals surface area contributed by atoms with E-state index in [1.54, 1.807) is 5.41 Å². The van der Waals surface area contributed by atoms with Gasteiger partial charge in [-0.15, -0.1) is 11.8 Å². The molecule has 1 heterocycles. The van der Waals surface area contributed by atoms with Gasteiger partial charge in [-0.2, -0.15) is 13.2 Å². The average Bonchev–Trinajstić information content (AvgIpc) is 3.12. The molecule has 0 bridgehead atoms. The van der Waals surface area contributed by atoms with Gasteiger partial charge in [0, 0.05) is 22.2 Å². The Bertz CT molecular complexity index is 1020. The third kappa shape index (κ3) is 5.15. The summed E-state index contributed by atoms with van der Waals surface area (Å²) in [7, 11) is 0. The zero-order valence-corrected chi connectivity index (χ0v) is 20.1. The molecule has 166 valence electrons. The Morgan fingerprint density at radius 2 is 1.77 bits per heavy atom. The largest absolute Gasteiger partial charge is 0.407 e. The lowest BCUT2D eigenvalue weighted by Gasteiger charge is -2.32. The van der Waals surface area contributed by atoms with E-state index in [0.29, 0.717) is 18.0 Å². The van der Waals surface area contributed by atoms with Crippen LogP contribution in [0.4, 0.5) is 13.2 Å². The van der Waals surface area contributed by atoms with E-state index in [4.69, 9.17) is 23.2 Å². The molecule has 2 aromatic carbocycles. The fourth-order valence-corrected chi connectivity index (χ4v) is 5.16. The maximum absolute atomic E-state index is 14.3. The molecule has 0 saturated carbocycles. The van der Waals surface area contributed by atoms with Gasteiger partial charge in [0.2, 0.25) is 0 Å². The lowest BCUT2D eigenvalue weighted by atomic mass is 9.88. The topological polar surface area (TPSA) is 12.4 Å². The van der Waals surface area contributed by atoms with Crippen LogP contribution >= 0.6 is 35.0 Å². The van der Waals surface area contributed by atoms with Crippen LogP contribution in [0.25, 0.3) is 5.57 Å². The molecule has 3 rings (SSSR count). The zero-order chi connectivity index (χ0) is 23.0. The van der Waals surface area contributed by atoms with Crippen molar-refractivity contribution in [2.45, 2.75) is 51.6 Å². The Morgan fingerprint density at radius 3 is 2.32 bits per heavy atom. The first-order chi connectivity index (χ1) is 14.4. The van der Waals surface area contributed by atoms with Crippen LogP contribution in [0.3, 0.4) is 0 Å². The Morgan fingerprint density at radius 1 is 1.13 bits per heavy atom. The molecule has 1 aliphatic heterocycles. The van der Waals surface area contributed by atoms with Crippen LogP contribution in [0, 0.1) is 12.8 Å². The Labute approximate surface area is 195 Å². The van der Waals surface area contributed by atoms with Crippen LogP contribution in [-0.2, 0) is 11.3 Å². The highest BCUT2D eigenvalue weighted by Crippen LogP contribution is 2.60. The number of thioether (sulfide) groups is 1. The van der Waals surface area contributed by atoms with Gasteiger partial charge in [-0.05, 0) is 71.2 Å². The number of alkyl halides is 3. The Balaban J connectivity index is 1.90. The number of rotatable bonds is 5. The van der Waals surface area contributed by atoms with Gasteiger partial charge < -0.3 is 0 Å². The van der Waals surface area contributed by atoms with Gasteiger partial charge in [0.15, 0.2) is 0 Å². The monoisotopic (exact) mass is 485 g/mol. The van der Waals surface area contributed by atoms with E-state index in [0.717, 1.165) is 34.2 Å². The van der Waals surface area contributed by atoms with E-state index in [9.17, 15) is 13.2 Å². The number of aliphatic imine (C=N–C) groups is 1. The predicted molar refractivity (Wildman–Crippen MR) is 127 cm³/mol. The van der Waals surface area contributed by atoms with Gasteiger partial charge in [0.05, 0.1) is 6.54 Å². The van der Waals surface area contributed by atoms with Gasteiger partial charge in [-0.1, -0.05) is 55.2 Å². The van der Waals surface area contributed by atoms with Crippen molar-refractivity contribution in [2.24, 2.45) is 10.9 Å². The van der Waals surface area contributed by atoms with E-state index in [-0.39, 0.29) is 22.0 Å². The molecule has 1 atom stereocenters. The number of hydrogen-bond acceptors (Lipinski definition) is 2. The zero-order valence-electron chi connectivity index (χ0n) is 17.8. The van der Waals surface area contributed by atoms with Crippen molar-refractivity contribution in [1.82, 2.24) is 0 Å². The third-order valence-corrected chi connectivity index (χ3v) is 7.53. The van der Waals surface area contributed by atoms with Crippen LogP contribution in [0.5, 0.6) is 0 Å². The summed E-state index contributed by atoms with van der Waals surface area (Å²) < 4.78 is 40.7. The van der Waals surface area contributed by atoms with E-state index in [2.05, 4.69) is 18.8 Å². The minimum Gasteiger partial charge on any atom is -0.289 e. The van der Waals surface area contributed by atoms with Crippen LogP contribution in [0.15, 0.2) is 46.8 Å². The summed E-state index contributed by atoms with van der Waals surface area (Å²) in [5.41, 5.74) is 4.67. The van der Waals surface area contributed by atoms with Gasteiger partial charge in [0.25, 0.3) is 0 Å². The molecule has 0 aliphatic carbocycles. The molecule has 2 aromatic rings. The second kappa shape index (κ2) is 9.21. The molecule has 31 heavy (non-hydrogen) atoms. The first kappa shape index (κ1) is 24.2. The number of nitrogens with zero attached hydrogens (tertiary/aromatic N) is 1. The molecule has 0 amide bonds. The van der Waals surface area contributed by atoms with Crippen LogP contribution in [0.2, 0.25) is 10.0 Å². The molecule has 0 aromatic heterocycles. The Kier molecular flexibility index (Phi) is 7.19. The Hall–Kier alpha value is -1.43. The van der Waals surface area contributed by atoms with E-state index >= 15 is 0 Å². The number of hydrogen-bond donors (Lipinski definition) is 0. The fourth-order valence-electron chi connectivity index (χ4n) is 3.45. The van der Waals surface area contributed by atoms with Gasteiger partial charge >= 0.3 is 6.18 Å². The predicted octanol–water partition coefficient (Wildman–Crippen LogP) is 8.85. The number of benzene rings is 2. The lowest BCUT2D eigenvalue weighted by molar-refractivity contribution is -0.160. The summed E-state index contributed by atoms with van der Waals surface area (Å²) >= 11 is 12.8. The standard InChI is InChI=1S/C24H24Cl2F3NS/c1-14(2)16(4)30-12-18-6-5-17(7-15(18)3)19-11-23(31-13-19,24(27,28)29)20-8-21(25)10-22(26)9-20/h5-10,13-14H,11-12H2,1-4H3. The van der Waals surface area contributed by atoms with Crippen LogP contribution in [0.1, 0.15) is 49.4 Å². The summed E-state index contributed by atoms with van der Waals surface area (Å²) in [6, 6.07) is 9.93.